The number of unbranched alkanes of at least 4 members (excludes halogenated alkanes) is 1. The highest BCUT2D eigenvalue weighted by atomic mass is 16.7. The Hall–Kier alpha value is -4.34. The Kier molecular flexibility index (Phi) is 13.1. The summed E-state index contributed by atoms with van der Waals surface area (Å²) in [5.41, 5.74) is 0.607. The molecule has 1 aliphatic rings. The molecule has 0 spiro atoms. The molecule has 2 unspecified atom stereocenters. The van der Waals surface area contributed by atoms with Gasteiger partial charge in [-0.3, -0.25) is 4.79 Å². The minimum absolute atomic E-state index is 0.193. The molecule has 1 aliphatic heterocycles. The van der Waals surface area contributed by atoms with E-state index in [0.717, 1.165) is 0 Å². The normalized spacial score (nSPS) is 20.9. The molecule has 9 heteroatoms. The van der Waals surface area contributed by atoms with E-state index >= 15 is 0 Å². The van der Waals surface area contributed by atoms with Gasteiger partial charge in [0, 0.05) is 24.4 Å². The van der Waals surface area contributed by atoms with Crippen molar-refractivity contribution in [2.24, 2.45) is 17.3 Å². The Morgan fingerprint density at radius 2 is 1.19 bits per heavy atom. The van der Waals surface area contributed by atoms with Gasteiger partial charge in [0.25, 0.3) is 0 Å². The monoisotopic (exact) mass is 658 g/mol. The van der Waals surface area contributed by atoms with Crippen molar-refractivity contribution < 1.29 is 42.9 Å². The number of ether oxygens (including phenoxy) is 5. The van der Waals surface area contributed by atoms with E-state index in [1.54, 1.807) is 97.9 Å². The molecule has 9 nitrogen and oxygen atoms in total. The van der Waals surface area contributed by atoms with Crippen LogP contribution in [0, 0.1) is 17.3 Å². The van der Waals surface area contributed by atoms with Crippen molar-refractivity contribution >= 4 is 23.7 Å². The molecule has 1 heterocycles. The molecule has 0 N–H and O–H groups in total. The third-order valence-corrected chi connectivity index (χ3v) is 9.12. The van der Waals surface area contributed by atoms with Gasteiger partial charge in [-0.1, -0.05) is 89.2 Å². The smallest absolute Gasteiger partial charge is 0.338 e. The Morgan fingerprint density at radius 1 is 0.708 bits per heavy atom. The number of hydrogen-bond donors (Lipinski definition) is 0. The average molecular weight is 659 g/mol. The first kappa shape index (κ1) is 36.5. The van der Waals surface area contributed by atoms with Gasteiger partial charge in [0.15, 0.2) is 12.4 Å². The molecule has 0 saturated carbocycles. The minimum atomic E-state index is -1.07. The summed E-state index contributed by atoms with van der Waals surface area (Å²) in [6.45, 7) is 9.76. The van der Waals surface area contributed by atoms with Gasteiger partial charge >= 0.3 is 17.9 Å². The second kappa shape index (κ2) is 17.2. The first-order valence-electron chi connectivity index (χ1n) is 16.5. The van der Waals surface area contributed by atoms with E-state index in [2.05, 4.69) is 0 Å². The van der Waals surface area contributed by atoms with Gasteiger partial charge in [0.05, 0.1) is 16.7 Å². The number of carbonyl (C=O) groups is 4. The molecule has 48 heavy (non-hydrogen) atoms. The van der Waals surface area contributed by atoms with Crippen molar-refractivity contribution in [2.45, 2.75) is 78.5 Å². The van der Waals surface area contributed by atoms with Crippen molar-refractivity contribution in [1.29, 1.82) is 0 Å². The Labute approximate surface area is 282 Å². The van der Waals surface area contributed by atoms with Crippen LogP contribution in [-0.2, 0) is 28.5 Å². The van der Waals surface area contributed by atoms with E-state index in [4.69, 9.17) is 23.7 Å². The number of carbonyl (C=O) groups excluding carboxylic acids is 4. The maximum atomic E-state index is 13.3. The highest BCUT2D eigenvalue weighted by molar-refractivity contribution is 5.90. The molecule has 0 bridgehead atoms. The molecule has 0 aliphatic carbocycles. The average Bonchev–Trinajstić information content (AvgIpc) is 3.10. The van der Waals surface area contributed by atoms with E-state index in [0.29, 0.717) is 36.0 Å². The highest BCUT2D eigenvalue weighted by Gasteiger charge is 2.49. The number of Topliss-reactive ketones (excluding diaryl/α,β-unsaturated/α-hetero) is 1. The fourth-order valence-corrected chi connectivity index (χ4v) is 5.29. The summed E-state index contributed by atoms with van der Waals surface area (Å²) in [6, 6.07) is 25.6. The molecule has 1 fully saturated rings. The van der Waals surface area contributed by atoms with Crippen LogP contribution in [-0.4, -0.2) is 61.5 Å². The molecule has 5 atom stereocenters. The Bertz CT molecular complexity index is 1490. The number of esters is 3. The third kappa shape index (κ3) is 9.61. The summed E-state index contributed by atoms with van der Waals surface area (Å²) in [7, 11) is 0. The van der Waals surface area contributed by atoms with Gasteiger partial charge < -0.3 is 23.7 Å². The zero-order valence-corrected chi connectivity index (χ0v) is 28.3. The summed E-state index contributed by atoms with van der Waals surface area (Å²) in [4.78, 5) is 52.2. The fourth-order valence-electron chi connectivity index (χ4n) is 5.29. The topological polar surface area (TPSA) is 114 Å². The molecule has 0 radical (unpaired) electrons. The molecule has 3 aromatic carbocycles. The first-order valence-corrected chi connectivity index (χ1v) is 16.5. The lowest BCUT2D eigenvalue weighted by Gasteiger charge is -2.44. The van der Waals surface area contributed by atoms with E-state index in [-0.39, 0.29) is 24.9 Å². The van der Waals surface area contributed by atoms with Crippen LogP contribution in [0.1, 0.15) is 85.0 Å². The van der Waals surface area contributed by atoms with Crippen LogP contribution in [0.25, 0.3) is 0 Å². The van der Waals surface area contributed by atoms with E-state index in [1.807, 2.05) is 27.7 Å². The minimum Gasteiger partial charge on any atom is -0.459 e. The van der Waals surface area contributed by atoms with Crippen LogP contribution >= 0.6 is 0 Å². The van der Waals surface area contributed by atoms with E-state index in [9.17, 15) is 19.2 Å². The number of ketones is 1. The maximum absolute atomic E-state index is 13.3. The molecule has 3 aromatic rings. The number of hydrogen-bond acceptors (Lipinski definition) is 9. The van der Waals surface area contributed by atoms with Crippen molar-refractivity contribution in [1.82, 2.24) is 0 Å². The van der Waals surface area contributed by atoms with Crippen LogP contribution in [0.3, 0.4) is 0 Å². The van der Waals surface area contributed by atoms with Gasteiger partial charge in [-0.05, 0) is 55.2 Å². The van der Waals surface area contributed by atoms with Crippen LogP contribution < -0.4 is 0 Å². The molecular formula is C39H46O9. The van der Waals surface area contributed by atoms with E-state index < -0.39 is 53.8 Å². The predicted octanol–water partition coefficient (Wildman–Crippen LogP) is 7.09. The SMILES string of the molecule is CC(C)C(C)(C)C(=O)CCCCO[C@@H]1OC(COC(=O)c2ccccc2)[C@H](OC(=O)c2ccccc2)[C@H](C)C1OC(=O)c1ccccc1. The standard InChI is InChI=1S/C39H46O9/c1-26(2)39(4,5)32(40)23-15-16-24-44-38-34(48-37(43)30-21-13-8-14-22-30)27(3)33(47-36(42)29-19-11-7-12-20-29)31(46-38)25-45-35(41)28-17-9-6-10-18-28/h6-14,17-22,26-27,31,33-34,38H,15-16,23-25H2,1-5H3/t27-,31?,33+,34?,38+/m0/s1. The summed E-state index contributed by atoms with van der Waals surface area (Å²) < 4.78 is 30.1. The number of rotatable bonds is 15. The van der Waals surface area contributed by atoms with Gasteiger partial charge in [-0.2, -0.15) is 0 Å². The van der Waals surface area contributed by atoms with Gasteiger partial charge in [-0.25, -0.2) is 14.4 Å². The van der Waals surface area contributed by atoms with Crippen molar-refractivity contribution in [3.8, 4) is 0 Å². The second-order valence-corrected chi connectivity index (χ2v) is 13.0. The molecule has 0 aromatic heterocycles. The summed E-state index contributed by atoms with van der Waals surface area (Å²) in [6.07, 6.45) is -2.36. The predicted molar refractivity (Wildman–Crippen MR) is 179 cm³/mol. The summed E-state index contributed by atoms with van der Waals surface area (Å²) >= 11 is 0. The lowest BCUT2D eigenvalue weighted by Crippen LogP contribution is -2.58. The first-order chi connectivity index (χ1) is 23.0. The quantitative estimate of drug-likeness (QED) is 0.0959. The van der Waals surface area contributed by atoms with Gasteiger partial charge in [-0.15, -0.1) is 0 Å². The summed E-state index contributed by atoms with van der Waals surface area (Å²) in [5.74, 6) is -1.97. The lowest BCUT2D eigenvalue weighted by molar-refractivity contribution is -0.286. The molecule has 1 saturated heterocycles. The van der Waals surface area contributed by atoms with Crippen molar-refractivity contribution in [3.05, 3.63) is 108 Å². The maximum Gasteiger partial charge on any atom is 0.338 e. The van der Waals surface area contributed by atoms with Crippen molar-refractivity contribution in [3.63, 3.8) is 0 Å². The Balaban J connectivity index is 1.53. The molecule has 256 valence electrons. The van der Waals surface area contributed by atoms with Crippen molar-refractivity contribution in [2.75, 3.05) is 13.2 Å². The second-order valence-electron chi connectivity index (χ2n) is 13.0. The summed E-state index contributed by atoms with van der Waals surface area (Å²) in [5, 5.41) is 0. The van der Waals surface area contributed by atoms with Crippen LogP contribution in [0.15, 0.2) is 91.0 Å². The molecular weight excluding hydrogens is 612 g/mol. The number of benzene rings is 3. The Morgan fingerprint density at radius 3 is 1.69 bits per heavy atom. The van der Waals surface area contributed by atoms with Gasteiger partial charge in [0.2, 0.25) is 0 Å². The zero-order valence-electron chi connectivity index (χ0n) is 28.3. The largest absolute Gasteiger partial charge is 0.459 e. The van der Waals surface area contributed by atoms with Crippen LogP contribution in [0.4, 0.5) is 0 Å². The zero-order chi connectivity index (χ0) is 34.7. The van der Waals surface area contributed by atoms with Crippen LogP contribution in [0.2, 0.25) is 0 Å². The third-order valence-electron chi connectivity index (χ3n) is 9.12. The fraction of sp³-hybridized carbons (Fsp3) is 0.436. The van der Waals surface area contributed by atoms with E-state index in [1.165, 1.54) is 0 Å². The molecule has 4 rings (SSSR count). The lowest BCUT2D eigenvalue weighted by atomic mass is 9.76. The van der Waals surface area contributed by atoms with Crippen LogP contribution in [0.5, 0.6) is 0 Å². The molecule has 0 amide bonds. The highest BCUT2D eigenvalue weighted by Crippen LogP contribution is 2.33. The van der Waals surface area contributed by atoms with Gasteiger partial charge in [0.1, 0.15) is 24.6 Å².